The maximum absolute atomic E-state index is 7.29. The van der Waals surface area contributed by atoms with Gasteiger partial charge in [0.15, 0.2) is 0 Å². The second kappa shape index (κ2) is 24.5. The van der Waals surface area contributed by atoms with Crippen LogP contribution in [0.15, 0.2) is 0 Å². The Morgan fingerprint density at radius 2 is 0.931 bits per heavy atom. The summed E-state index contributed by atoms with van der Waals surface area (Å²) in [5.74, 6) is 0. The maximum atomic E-state index is 7.29. The summed E-state index contributed by atoms with van der Waals surface area (Å²) >= 11 is 0. The lowest BCUT2D eigenvalue weighted by molar-refractivity contribution is -0.185. The lowest BCUT2D eigenvalue weighted by Crippen LogP contribution is -2.53. The molecule has 8 unspecified atom stereocenters. The molecule has 8 atom stereocenters. The second-order valence-corrected chi connectivity index (χ2v) is 18.9. The van der Waals surface area contributed by atoms with Gasteiger partial charge >= 0.3 is 0 Å². The van der Waals surface area contributed by atoms with Crippen LogP contribution in [0.3, 0.4) is 0 Å². The molecule has 3 aliphatic heterocycles. The normalized spacial score (nSPS) is 22.8. The van der Waals surface area contributed by atoms with Crippen LogP contribution >= 0.6 is 0 Å². The molecule has 0 radical (unpaired) electrons. The standard InChI is InChI=1S/C49H95NO8/c1-15-26-44(39(14)58-49(24-10,25-11)31-42-35-53-42)55-43(32-50-45(16-2,17-3)27-37(12)56-47(20-6,21-7)29-40-33-51-40)36-54-46(18-4,19-5)28-38(13)57-48(22-8,23-9)30-41-34-52-41/h37-44,50H,15-36H2,1-14H3. The molecule has 0 saturated carbocycles. The highest BCUT2D eigenvalue weighted by molar-refractivity contribution is 4.94. The van der Waals surface area contributed by atoms with Gasteiger partial charge in [-0.3, -0.25) is 0 Å². The fraction of sp³-hybridized carbons (Fsp3) is 1.00. The Kier molecular flexibility index (Phi) is 21.9. The predicted octanol–water partition coefficient (Wildman–Crippen LogP) is 11.3. The third-order valence-electron chi connectivity index (χ3n) is 14.9. The fourth-order valence-electron chi connectivity index (χ4n) is 9.90. The van der Waals surface area contributed by atoms with E-state index in [1.165, 1.54) is 0 Å². The van der Waals surface area contributed by atoms with Crippen LogP contribution in [0.25, 0.3) is 0 Å². The average Bonchev–Trinajstić information content (AvgIpc) is 4.09. The van der Waals surface area contributed by atoms with Crippen molar-refractivity contribution in [1.82, 2.24) is 5.32 Å². The van der Waals surface area contributed by atoms with Crippen LogP contribution < -0.4 is 5.32 Å². The van der Waals surface area contributed by atoms with Gasteiger partial charge in [-0.1, -0.05) is 82.6 Å². The quantitative estimate of drug-likeness (QED) is 0.0614. The van der Waals surface area contributed by atoms with E-state index in [1.807, 2.05) is 0 Å². The largest absolute Gasteiger partial charge is 0.373 e. The van der Waals surface area contributed by atoms with E-state index in [4.69, 9.17) is 37.9 Å². The molecule has 0 spiro atoms. The van der Waals surface area contributed by atoms with Gasteiger partial charge in [-0.15, -0.1) is 0 Å². The van der Waals surface area contributed by atoms with E-state index in [2.05, 4.69) is 102 Å². The molecule has 0 aromatic carbocycles. The molecular weight excluding hydrogens is 731 g/mol. The first-order chi connectivity index (χ1) is 27.7. The third-order valence-corrected chi connectivity index (χ3v) is 14.9. The molecule has 3 heterocycles. The summed E-state index contributed by atoms with van der Waals surface area (Å²) in [6.45, 7) is 35.5. The lowest BCUT2D eigenvalue weighted by Gasteiger charge is -2.42. The summed E-state index contributed by atoms with van der Waals surface area (Å²) in [6.07, 6.45) is 17.2. The molecule has 344 valence electrons. The molecule has 58 heavy (non-hydrogen) atoms. The van der Waals surface area contributed by atoms with E-state index in [0.717, 1.165) is 129 Å². The molecule has 0 aliphatic carbocycles. The van der Waals surface area contributed by atoms with Crippen molar-refractivity contribution >= 4 is 0 Å². The molecule has 3 aliphatic rings. The van der Waals surface area contributed by atoms with Crippen LogP contribution in [0.1, 0.15) is 206 Å². The Morgan fingerprint density at radius 3 is 1.29 bits per heavy atom. The minimum Gasteiger partial charge on any atom is -0.373 e. The first-order valence-electron chi connectivity index (χ1n) is 24.6. The highest BCUT2D eigenvalue weighted by Crippen LogP contribution is 2.38. The number of nitrogens with one attached hydrogen (secondary N) is 1. The van der Waals surface area contributed by atoms with Crippen molar-refractivity contribution in [2.45, 2.75) is 283 Å². The van der Waals surface area contributed by atoms with Gasteiger partial charge in [0, 0.05) is 37.8 Å². The summed E-state index contributed by atoms with van der Waals surface area (Å²) in [5, 5.41) is 4.11. The van der Waals surface area contributed by atoms with Crippen molar-refractivity contribution < 1.29 is 37.9 Å². The minimum absolute atomic E-state index is 0.0584. The van der Waals surface area contributed by atoms with Crippen LogP contribution in [0, 0.1) is 0 Å². The zero-order valence-electron chi connectivity index (χ0n) is 40.4. The van der Waals surface area contributed by atoms with Crippen molar-refractivity contribution in [3.63, 3.8) is 0 Å². The summed E-state index contributed by atoms with van der Waals surface area (Å²) in [4.78, 5) is 0. The molecule has 0 amide bonds. The van der Waals surface area contributed by atoms with Gasteiger partial charge in [0.2, 0.25) is 0 Å². The molecule has 9 nitrogen and oxygen atoms in total. The maximum Gasteiger partial charge on any atom is 0.0938 e. The van der Waals surface area contributed by atoms with Crippen molar-refractivity contribution in [2.24, 2.45) is 0 Å². The molecule has 0 bridgehead atoms. The van der Waals surface area contributed by atoms with Gasteiger partial charge in [0.25, 0.3) is 0 Å². The molecule has 1 N–H and O–H groups in total. The van der Waals surface area contributed by atoms with Crippen molar-refractivity contribution in [3.05, 3.63) is 0 Å². The van der Waals surface area contributed by atoms with Gasteiger partial charge in [0.05, 0.1) is 97.7 Å². The zero-order chi connectivity index (χ0) is 43.0. The van der Waals surface area contributed by atoms with E-state index < -0.39 is 0 Å². The lowest BCUT2D eigenvalue weighted by atomic mass is 9.85. The van der Waals surface area contributed by atoms with Crippen LogP contribution in [0.4, 0.5) is 0 Å². The Balaban J connectivity index is 1.84. The van der Waals surface area contributed by atoms with Gasteiger partial charge < -0.3 is 43.2 Å². The monoisotopic (exact) mass is 826 g/mol. The van der Waals surface area contributed by atoms with Crippen molar-refractivity contribution in [2.75, 3.05) is 33.0 Å². The molecule has 3 rings (SSSR count). The Labute approximate surface area is 358 Å². The molecule has 3 saturated heterocycles. The summed E-state index contributed by atoms with van der Waals surface area (Å²) in [5.41, 5.74) is -0.921. The molecular formula is C49H95NO8. The Bertz CT molecular complexity index is 1030. The second-order valence-electron chi connectivity index (χ2n) is 18.9. The molecule has 9 heteroatoms. The number of ether oxygens (including phenoxy) is 8. The van der Waals surface area contributed by atoms with E-state index in [-0.39, 0.29) is 58.5 Å². The summed E-state index contributed by atoms with van der Waals surface area (Å²) in [6, 6.07) is 0. The van der Waals surface area contributed by atoms with Crippen LogP contribution in [-0.2, 0) is 37.9 Å². The van der Waals surface area contributed by atoms with E-state index >= 15 is 0 Å². The van der Waals surface area contributed by atoms with E-state index in [1.54, 1.807) is 0 Å². The first-order valence-corrected chi connectivity index (χ1v) is 24.6. The Hall–Kier alpha value is -0.360. The highest BCUT2D eigenvalue weighted by Gasteiger charge is 2.43. The van der Waals surface area contributed by atoms with Gasteiger partial charge in [0.1, 0.15) is 0 Å². The number of hydrogen-bond acceptors (Lipinski definition) is 9. The van der Waals surface area contributed by atoms with Gasteiger partial charge in [-0.2, -0.15) is 0 Å². The first kappa shape index (κ1) is 52.0. The summed E-state index contributed by atoms with van der Waals surface area (Å²) < 4.78 is 52.5. The number of epoxide rings is 3. The summed E-state index contributed by atoms with van der Waals surface area (Å²) in [7, 11) is 0. The van der Waals surface area contributed by atoms with E-state index in [9.17, 15) is 0 Å². The average molecular weight is 826 g/mol. The fourth-order valence-corrected chi connectivity index (χ4v) is 9.90. The molecule has 0 aromatic rings. The number of hydrogen-bond donors (Lipinski definition) is 1. The SMILES string of the molecule is CCCC(OC(CNC(CC)(CC)CC(C)OC(CC)(CC)CC1CO1)COC(CC)(CC)CC(C)OC(CC)(CC)CC1CO1)C(C)OC(CC)(CC)CC1CO1. The van der Waals surface area contributed by atoms with Crippen molar-refractivity contribution in [3.8, 4) is 0 Å². The van der Waals surface area contributed by atoms with Gasteiger partial charge in [-0.05, 0) is 97.8 Å². The minimum atomic E-state index is -0.319. The smallest absolute Gasteiger partial charge is 0.0938 e. The van der Waals surface area contributed by atoms with Crippen LogP contribution in [0.5, 0.6) is 0 Å². The highest BCUT2D eigenvalue weighted by atomic mass is 16.6. The number of rotatable bonds is 37. The van der Waals surface area contributed by atoms with Crippen molar-refractivity contribution in [1.29, 1.82) is 0 Å². The van der Waals surface area contributed by atoms with Gasteiger partial charge in [-0.25, -0.2) is 0 Å². The predicted molar refractivity (Wildman–Crippen MR) is 238 cm³/mol. The van der Waals surface area contributed by atoms with Crippen LogP contribution in [-0.4, -0.2) is 110 Å². The topological polar surface area (TPSA) is 95.8 Å². The molecule has 0 aromatic heterocycles. The third kappa shape index (κ3) is 16.1. The zero-order valence-corrected chi connectivity index (χ0v) is 40.4. The van der Waals surface area contributed by atoms with E-state index in [0.29, 0.717) is 31.5 Å². The Morgan fingerprint density at radius 1 is 0.534 bits per heavy atom. The molecule has 3 fully saturated rings. The van der Waals surface area contributed by atoms with Crippen LogP contribution in [0.2, 0.25) is 0 Å².